The Balaban J connectivity index is 1.72. The number of nitrogens with one attached hydrogen (secondary N) is 1. The number of carbonyl (C=O) groups is 1. The standard InChI is InChI=1S/C18H23N5O4S/c1-12-15(8-20-17(21-12)13-5-4-6-19-7-13)18(24)22-16-10-27-9-14(16)11-28(25,26)23(2)3/h4-8,14,16H,9-11H2,1-3H3,(H,22,24)/t14-,16-/m0/s1. The highest BCUT2D eigenvalue weighted by atomic mass is 32.2. The van der Waals surface area contributed by atoms with E-state index in [1.165, 1.54) is 24.6 Å². The molecule has 10 heteroatoms. The van der Waals surface area contributed by atoms with E-state index >= 15 is 0 Å². The van der Waals surface area contributed by atoms with Crippen LogP contribution in [-0.2, 0) is 14.8 Å². The van der Waals surface area contributed by atoms with Gasteiger partial charge < -0.3 is 10.1 Å². The molecular formula is C18H23N5O4S. The highest BCUT2D eigenvalue weighted by Gasteiger charge is 2.34. The fraction of sp³-hybridized carbons (Fsp3) is 0.444. The Hall–Kier alpha value is -2.43. The molecule has 1 fully saturated rings. The molecule has 0 radical (unpaired) electrons. The fourth-order valence-corrected chi connectivity index (χ4v) is 4.08. The minimum absolute atomic E-state index is 0.0830. The zero-order valence-electron chi connectivity index (χ0n) is 16.0. The zero-order valence-corrected chi connectivity index (χ0v) is 16.8. The minimum atomic E-state index is -3.39. The zero-order chi connectivity index (χ0) is 20.3. The first-order valence-corrected chi connectivity index (χ1v) is 10.4. The molecule has 1 amide bonds. The number of ether oxygens (including phenoxy) is 1. The number of hydrogen-bond acceptors (Lipinski definition) is 7. The molecule has 0 aliphatic carbocycles. The molecular weight excluding hydrogens is 382 g/mol. The molecule has 1 saturated heterocycles. The van der Waals surface area contributed by atoms with Gasteiger partial charge in [-0.05, 0) is 19.1 Å². The van der Waals surface area contributed by atoms with E-state index in [2.05, 4.69) is 20.3 Å². The van der Waals surface area contributed by atoms with Crippen molar-refractivity contribution in [2.24, 2.45) is 5.92 Å². The van der Waals surface area contributed by atoms with Gasteiger partial charge in [0.1, 0.15) is 0 Å². The normalized spacial score (nSPS) is 19.7. The maximum Gasteiger partial charge on any atom is 0.255 e. The Kier molecular flexibility index (Phi) is 6.01. The van der Waals surface area contributed by atoms with Crippen LogP contribution in [0.1, 0.15) is 16.1 Å². The third-order valence-electron chi connectivity index (χ3n) is 4.64. The summed E-state index contributed by atoms with van der Waals surface area (Å²) in [5.74, 6) is -0.257. The van der Waals surface area contributed by atoms with Crippen LogP contribution in [0, 0.1) is 12.8 Å². The van der Waals surface area contributed by atoms with Gasteiger partial charge in [-0.25, -0.2) is 22.7 Å². The van der Waals surface area contributed by atoms with E-state index in [-0.39, 0.29) is 36.8 Å². The first-order valence-electron chi connectivity index (χ1n) is 8.81. The van der Waals surface area contributed by atoms with Crippen LogP contribution >= 0.6 is 0 Å². The van der Waals surface area contributed by atoms with Crippen molar-refractivity contribution in [1.29, 1.82) is 0 Å². The Morgan fingerprint density at radius 3 is 2.75 bits per heavy atom. The lowest BCUT2D eigenvalue weighted by atomic mass is 10.1. The maximum absolute atomic E-state index is 12.7. The summed E-state index contributed by atoms with van der Waals surface area (Å²) in [6.07, 6.45) is 4.79. The van der Waals surface area contributed by atoms with E-state index < -0.39 is 10.0 Å². The molecule has 2 aromatic heterocycles. The first-order chi connectivity index (χ1) is 13.3. The number of aromatic nitrogens is 3. The van der Waals surface area contributed by atoms with Gasteiger partial charge in [0.2, 0.25) is 10.0 Å². The highest BCUT2D eigenvalue weighted by Crippen LogP contribution is 2.19. The molecule has 1 aliphatic rings. The second kappa shape index (κ2) is 8.29. The van der Waals surface area contributed by atoms with Crippen molar-refractivity contribution in [3.8, 4) is 11.4 Å². The van der Waals surface area contributed by atoms with Gasteiger partial charge in [-0.1, -0.05) is 0 Å². The Morgan fingerprint density at radius 1 is 1.32 bits per heavy atom. The van der Waals surface area contributed by atoms with Crippen LogP contribution in [0.3, 0.4) is 0 Å². The van der Waals surface area contributed by atoms with Crippen molar-refractivity contribution in [1.82, 2.24) is 24.6 Å². The van der Waals surface area contributed by atoms with Crippen molar-refractivity contribution in [3.63, 3.8) is 0 Å². The van der Waals surface area contributed by atoms with E-state index in [9.17, 15) is 13.2 Å². The summed E-state index contributed by atoms with van der Waals surface area (Å²) < 4.78 is 30.9. The van der Waals surface area contributed by atoms with E-state index in [0.717, 1.165) is 5.56 Å². The van der Waals surface area contributed by atoms with Crippen LogP contribution in [0.4, 0.5) is 0 Å². The quantitative estimate of drug-likeness (QED) is 0.743. The van der Waals surface area contributed by atoms with Crippen LogP contribution in [0.5, 0.6) is 0 Å². The monoisotopic (exact) mass is 405 g/mol. The van der Waals surface area contributed by atoms with E-state index in [1.807, 2.05) is 6.07 Å². The second-order valence-corrected chi connectivity index (χ2v) is 9.10. The molecule has 3 heterocycles. The maximum atomic E-state index is 12.7. The second-order valence-electron chi connectivity index (χ2n) is 6.87. The average Bonchev–Trinajstić information content (AvgIpc) is 3.08. The number of rotatable bonds is 6. The molecule has 3 rings (SSSR count). The molecule has 1 N–H and O–H groups in total. The molecule has 0 unspecified atom stereocenters. The topological polar surface area (TPSA) is 114 Å². The molecule has 1 aliphatic heterocycles. The van der Waals surface area contributed by atoms with E-state index in [4.69, 9.17) is 4.74 Å². The van der Waals surface area contributed by atoms with Crippen LogP contribution in [0.2, 0.25) is 0 Å². The molecule has 0 saturated carbocycles. The fourth-order valence-electron chi connectivity index (χ4n) is 2.91. The summed E-state index contributed by atoms with van der Waals surface area (Å²) in [5.41, 5.74) is 1.63. The third-order valence-corrected chi connectivity index (χ3v) is 6.60. The molecule has 0 bridgehead atoms. The SMILES string of the molecule is Cc1nc(-c2cccnc2)ncc1C(=O)N[C@H]1COC[C@H]1CS(=O)(=O)N(C)C. The summed E-state index contributed by atoms with van der Waals surface area (Å²) >= 11 is 0. The number of nitrogens with zero attached hydrogens (tertiary/aromatic N) is 4. The predicted molar refractivity (Wildman–Crippen MR) is 103 cm³/mol. The van der Waals surface area contributed by atoms with Gasteiger partial charge >= 0.3 is 0 Å². The lowest BCUT2D eigenvalue weighted by Crippen LogP contribution is -2.43. The molecule has 9 nitrogen and oxygen atoms in total. The Labute approximate surface area is 164 Å². The van der Waals surface area contributed by atoms with Gasteiger partial charge in [-0.15, -0.1) is 0 Å². The van der Waals surface area contributed by atoms with Crippen molar-refractivity contribution >= 4 is 15.9 Å². The number of pyridine rings is 1. The van der Waals surface area contributed by atoms with E-state index in [0.29, 0.717) is 17.1 Å². The summed E-state index contributed by atoms with van der Waals surface area (Å²) in [6.45, 7) is 2.29. The van der Waals surface area contributed by atoms with Gasteiger partial charge in [0.15, 0.2) is 5.82 Å². The molecule has 150 valence electrons. The summed E-state index contributed by atoms with van der Waals surface area (Å²) in [5, 5.41) is 2.87. The lowest BCUT2D eigenvalue weighted by Gasteiger charge is -2.21. The van der Waals surface area contributed by atoms with Gasteiger partial charge in [0, 0.05) is 44.2 Å². The van der Waals surface area contributed by atoms with Crippen LogP contribution in [0.25, 0.3) is 11.4 Å². The largest absolute Gasteiger partial charge is 0.379 e. The van der Waals surface area contributed by atoms with Crippen LogP contribution in [-0.4, -0.2) is 72.7 Å². The minimum Gasteiger partial charge on any atom is -0.379 e. The van der Waals surface area contributed by atoms with Crippen LogP contribution in [0.15, 0.2) is 30.7 Å². The van der Waals surface area contributed by atoms with Crippen molar-refractivity contribution < 1.29 is 17.9 Å². The van der Waals surface area contributed by atoms with E-state index in [1.54, 1.807) is 25.4 Å². The lowest BCUT2D eigenvalue weighted by molar-refractivity contribution is 0.0924. The number of carbonyl (C=O) groups excluding carboxylic acids is 1. The van der Waals surface area contributed by atoms with Gasteiger partial charge in [-0.3, -0.25) is 9.78 Å². The summed E-state index contributed by atoms with van der Waals surface area (Å²) in [4.78, 5) is 25.4. The summed E-state index contributed by atoms with van der Waals surface area (Å²) in [6, 6.07) is 3.24. The number of hydrogen-bond donors (Lipinski definition) is 1. The van der Waals surface area contributed by atoms with Crippen molar-refractivity contribution in [3.05, 3.63) is 42.0 Å². The Morgan fingerprint density at radius 2 is 2.11 bits per heavy atom. The van der Waals surface area contributed by atoms with Gasteiger partial charge in [-0.2, -0.15) is 0 Å². The third kappa shape index (κ3) is 4.51. The van der Waals surface area contributed by atoms with Crippen molar-refractivity contribution in [2.45, 2.75) is 13.0 Å². The molecule has 0 aromatic carbocycles. The molecule has 2 atom stereocenters. The first kappa shape index (κ1) is 20.3. The van der Waals surface area contributed by atoms with Crippen molar-refractivity contribution in [2.75, 3.05) is 33.1 Å². The van der Waals surface area contributed by atoms with Gasteiger partial charge in [0.05, 0.1) is 36.3 Å². The Bertz CT molecular complexity index is 950. The molecule has 0 spiro atoms. The van der Waals surface area contributed by atoms with Gasteiger partial charge in [0.25, 0.3) is 5.91 Å². The summed E-state index contributed by atoms with van der Waals surface area (Å²) in [7, 11) is -0.409. The molecule has 2 aromatic rings. The smallest absolute Gasteiger partial charge is 0.255 e. The predicted octanol–water partition coefficient (Wildman–Crippen LogP) is 0.483. The molecule has 28 heavy (non-hydrogen) atoms. The number of sulfonamides is 1. The highest BCUT2D eigenvalue weighted by molar-refractivity contribution is 7.89. The number of aryl methyl sites for hydroxylation is 1. The van der Waals surface area contributed by atoms with Crippen LogP contribution < -0.4 is 5.32 Å². The average molecular weight is 405 g/mol. The number of amides is 1.